The standard InChI is InChI=1S/C15H22N4O2/c1-4-12(20)19-6-5-15(9-19)10-21-8-11-7-16-14(18(2)3)17-13(11)15/h7H,4-6,8-10H2,1-3H3/t15-/m1/s1. The van der Waals surface area contributed by atoms with E-state index in [-0.39, 0.29) is 11.3 Å². The number of carbonyl (C=O) groups is 1. The minimum atomic E-state index is -0.161. The minimum absolute atomic E-state index is 0.161. The Labute approximate surface area is 125 Å². The Balaban J connectivity index is 1.96. The van der Waals surface area contributed by atoms with Gasteiger partial charge in [-0.2, -0.15) is 0 Å². The lowest BCUT2D eigenvalue weighted by atomic mass is 9.80. The first-order valence-corrected chi connectivity index (χ1v) is 7.45. The molecule has 1 aromatic rings. The largest absolute Gasteiger partial charge is 0.376 e. The number of rotatable bonds is 2. The molecule has 21 heavy (non-hydrogen) atoms. The van der Waals surface area contributed by atoms with Crippen molar-refractivity contribution in [3.05, 3.63) is 17.5 Å². The molecule has 0 radical (unpaired) electrons. The molecule has 1 spiro atoms. The molecule has 0 bridgehead atoms. The molecule has 1 fully saturated rings. The van der Waals surface area contributed by atoms with Crippen LogP contribution < -0.4 is 4.90 Å². The first kappa shape index (κ1) is 14.3. The predicted octanol–water partition coefficient (Wildman–Crippen LogP) is 0.953. The lowest BCUT2D eigenvalue weighted by Gasteiger charge is -2.34. The molecule has 1 saturated heterocycles. The monoisotopic (exact) mass is 290 g/mol. The van der Waals surface area contributed by atoms with Crippen LogP contribution in [0.3, 0.4) is 0 Å². The maximum atomic E-state index is 12.0. The summed E-state index contributed by atoms with van der Waals surface area (Å²) in [6, 6.07) is 0. The highest BCUT2D eigenvalue weighted by molar-refractivity contribution is 5.76. The van der Waals surface area contributed by atoms with E-state index >= 15 is 0 Å². The molecular weight excluding hydrogens is 268 g/mol. The Morgan fingerprint density at radius 3 is 3.05 bits per heavy atom. The fraction of sp³-hybridized carbons (Fsp3) is 0.667. The van der Waals surface area contributed by atoms with Crippen LogP contribution in [0.5, 0.6) is 0 Å². The van der Waals surface area contributed by atoms with Gasteiger partial charge in [0.05, 0.1) is 24.3 Å². The van der Waals surface area contributed by atoms with Crippen LogP contribution in [0.15, 0.2) is 6.20 Å². The Bertz CT molecular complexity index is 561. The van der Waals surface area contributed by atoms with Gasteiger partial charge in [-0.15, -0.1) is 0 Å². The third-order valence-electron chi connectivity index (χ3n) is 4.40. The summed E-state index contributed by atoms with van der Waals surface area (Å²) in [5.41, 5.74) is 1.96. The van der Waals surface area contributed by atoms with Gasteiger partial charge in [0.15, 0.2) is 0 Å². The second-order valence-electron chi connectivity index (χ2n) is 6.13. The van der Waals surface area contributed by atoms with E-state index in [9.17, 15) is 4.79 Å². The summed E-state index contributed by atoms with van der Waals surface area (Å²) in [5.74, 6) is 0.927. The van der Waals surface area contributed by atoms with Crippen LogP contribution in [0.2, 0.25) is 0 Å². The first-order chi connectivity index (χ1) is 10.1. The second-order valence-corrected chi connectivity index (χ2v) is 6.13. The van der Waals surface area contributed by atoms with E-state index in [1.54, 1.807) is 0 Å². The number of carbonyl (C=O) groups excluding carboxylic acids is 1. The molecule has 6 heteroatoms. The summed E-state index contributed by atoms with van der Waals surface area (Å²) in [5, 5.41) is 0. The molecule has 2 aliphatic rings. The van der Waals surface area contributed by atoms with Gasteiger partial charge in [0, 0.05) is 45.4 Å². The van der Waals surface area contributed by atoms with Gasteiger partial charge in [0.25, 0.3) is 0 Å². The van der Waals surface area contributed by atoms with Crippen molar-refractivity contribution in [3.8, 4) is 0 Å². The first-order valence-electron chi connectivity index (χ1n) is 7.45. The lowest BCUT2D eigenvalue weighted by molar-refractivity contribution is -0.130. The summed E-state index contributed by atoms with van der Waals surface area (Å²) in [6.07, 6.45) is 3.33. The molecule has 1 atom stereocenters. The van der Waals surface area contributed by atoms with Crippen molar-refractivity contribution >= 4 is 11.9 Å². The van der Waals surface area contributed by atoms with Crippen LogP contribution in [0.1, 0.15) is 31.0 Å². The normalized spacial score (nSPS) is 24.2. The number of ether oxygens (including phenoxy) is 1. The highest BCUT2D eigenvalue weighted by Crippen LogP contribution is 2.39. The molecule has 0 aliphatic carbocycles. The van der Waals surface area contributed by atoms with Crippen LogP contribution in [-0.2, 0) is 21.6 Å². The molecule has 0 saturated carbocycles. The van der Waals surface area contributed by atoms with Crippen LogP contribution in [0, 0.1) is 0 Å². The van der Waals surface area contributed by atoms with Gasteiger partial charge in [-0.25, -0.2) is 9.97 Å². The summed E-state index contributed by atoms with van der Waals surface area (Å²) in [7, 11) is 3.88. The van der Waals surface area contributed by atoms with E-state index < -0.39 is 0 Å². The van der Waals surface area contributed by atoms with Crippen molar-refractivity contribution in [2.24, 2.45) is 0 Å². The molecule has 3 heterocycles. The van der Waals surface area contributed by atoms with Crippen LogP contribution >= 0.6 is 0 Å². The molecule has 1 aromatic heterocycles. The average molecular weight is 290 g/mol. The number of nitrogens with zero attached hydrogens (tertiary/aromatic N) is 4. The van der Waals surface area contributed by atoms with Crippen LogP contribution in [-0.4, -0.2) is 54.6 Å². The minimum Gasteiger partial charge on any atom is -0.376 e. The zero-order valence-corrected chi connectivity index (χ0v) is 12.9. The van der Waals surface area contributed by atoms with E-state index in [0.29, 0.717) is 26.2 Å². The number of amides is 1. The van der Waals surface area contributed by atoms with E-state index in [1.807, 2.05) is 37.0 Å². The SMILES string of the molecule is CCC(=O)N1CC[C@]2(COCc3cnc(N(C)C)nc32)C1. The number of anilines is 1. The maximum absolute atomic E-state index is 12.0. The van der Waals surface area contributed by atoms with E-state index in [2.05, 4.69) is 4.98 Å². The third-order valence-corrected chi connectivity index (χ3v) is 4.40. The van der Waals surface area contributed by atoms with Crippen molar-refractivity contribution < 1.29 is 9.53 Å². The van der Waals surface area contributed by atoms with Crippen molar-refractivity contribution in [1.82, 2.24) is 14.9 Å². The molecular formula is C15H22N4O2. The highest BCUT2D eigenvalue weighted by Gasteiger charge is 2.46. The maximum Gasteiger partial charge on any atom is 0.225 e. The molecule has 0 aromatic carbocycles. The number of likely N-dealkylation sites (tertiary alicyclic amines) is 1. The van der Waals surface area contributed by atoms with Gasteiger partial charge >= 0.3 is 0 Å². The van der Waals surface area contributed by atoms with Crippen molar-refractivity contribution in [2.75, 3.05) is 38.7 Å². The molecule has 3 rings (SSSR count). The van der Waals surface area contributed by atoms with Gasteiger partial charge in [-0.3, -0.25) is 4.79 Å². The Morgan fingerprint density at radius 1 is 1.52 bits per heavy atom. The van der Waals surface area contributed by atoms with Crippen molar-refractivity contribution in [3.63, 3.8) is 0 Å². The molecule has 6 nitrogen and oxygen atoms in total. The van der Waals surface area contributed by atoms with E-state index in [1.165, 1.54) is 0 Å². The summed E-state index contributed by atoms with van der Waals surface area (Å²) < 4.78 is 5.76. The predicted molar refractivity (Wildman–Crippen MR) is 79.2 cm³/mol. The Hall–Kier alpha value is -1.69. The number of hydrogen-bond acceptors (Lipinski definition) is 5. The average Bonchev–Trinajstić information content (AvgIpc) is 2.91. The van der Waals surface area contributed by atoms with Gasteiger partial charge < -0.3 is 14.5 Å². The zero-order chi connectivity index (χ0) is 15.0. The van der Waals surface area contributed by atoms with Gasteiger partial charge in [0.1, 0.15) is 0 Å². The smallest absolute Gasteiger partial charge is 0.225 e. The molecule has 114 valence electrons. The van der Waals surface area contributed by atoms with E-state index in [4.69, 9.17) is 9.72 Å². The molecule has 0 N–H and O–H groups in total. The fourth-order valence-corrected chi connectivity index (χ4v) is 3.22. The summed E-state index contributed by atoms with van der Waals surface area (Å²) in [6.45, 7) is 4.60. The summed E-state index contributed by atoms with van der Waals surface area (Å²) >= 11 is 0. The quantitative estimate of drug-likeness (QED) is 0.812. The molecule has 0 unspecified atom stereocenters. The highest BCUT2D eigenvalue weighted by atomic mass is 16.5. The van der Waals surface area contributed by atoms with Crippen LogP contribution in [0.25, 0.3) is 0 Å². The second kappa shape index (κ2) is 5.26. The number of fused-ring (bicyclic) bond motifs is 2. The lowest BCUT2D eigenvalue weighted by Crippen LogP contribution is -2.41. The van der Waals surface area contributed by atoms with Gasteiger partial charge in [0.2, 0.25) is 11.9 Å². The Kier molecular flexibility index (Phi) is 3.57. The summed E-state index contributed by atoms with van der Waals surface area (Å²) in [4.78, 5) is 25.0. The van der Waals surface area contributed by atoms with Gasteiger partial charge in [-0.1, -0.05) is 6.92 Å². The van der Waals surface area contributed by atoms with Gasteiger partial charge in [-0.05, 0) is 6.42 Å². The zero-order valence-electron chi connectivity index (χ0n) is 12.9. The molecule has 1 amide bonds. The Morgan fingerprint density at radius 2 is 2.33 bits per heavy atom. The van der Waals surface area contributed by atoms with E-state index in [0.717, 1.165) is 30.2 Å². The topological polar surface area (TPSA) is 58.6 Å². The van der Waals surface area contributed by atoms with Crippen LogP contribution in [0.4, 0.5) is 5.95 Å². The number of hydrogen-bond donors (Lipinski definition) is 0. The third kappa shape index (κ3) is 2.37. The number of aromatic nitrogens is 2. The van der Waals surface area contributed by atoms with Crippen molar-refractivity contribution in [1.29, 1.82) is 0 Å². The van der Waals surface area contributed by atoms with Crippen molar-refractivity contribution in [2.45, 2.75) is 31.8 Å². The fourth-order valence-electron chi connectivity index (χ4n) is 3.22. The molecule has 2 aliphatic heterocycles.